The van der Waals surface area contributed by atoms with Crippen LogP contribution in [-0.4, -0.2) is 84.0 Å². The average Bonchev–Trinajstić information content (AvgIpc) is 1.78. The maximum atomic E-state index is 10.8. The van der Waals surface area contributed by atoms with Crippen molar-refractivity contribution in [3.05, 3.63) is 314 Å². The number of rotatable bonds is 7. The van der Waals surface area contributed by atoms with E-state index in [9.17, 15) is 10.1 Å². The van der Waals surface area contributed by atoms with Gasteiger partial charge in [0.25, 0.3) is 5.69 Å². The zero-order valence-electron chi connectivity index (χ0n) is 65.0. The average molecular weight is 1820 g/mol. The van der Waals surface area contributed by atoms with Gasteiger partial charge in [-0.2, -0.15) is 5.11 Å². The van der Waals surface area contributed by atoms with Crippen molar-refractivity contribution in [2.24, 2.45) is 20.2 Å². The monoisotopic (exact) mass is 1820 g/mol. The third-order valence-corrected chi connectivity index (χ3v) is 23.3. The summed E-state index contributed by atoms with van der Waals surface area (Å²) in [5, 5.41) is 68.6. The Bertz CT molecular complexity index is 6040. The van der Waals surface area contributed by atoms with Crippen molar-refractivity contribution in [3.63, 3.8) is 0 Å². The molecule has 12 heterocycles. The smallest absolute Gasteiger partial charge is 0.269 e. The number of H-pyrrole nitrogens is 2. The summed E-state index contributed by atoms with van der Waals surface area (Å²) in [6, 6.07) is 70.7. The number of ether oxygens (including phenoxy) is 3. The Kier molecular flexibility index (Phi) is 24.2. The quantitative estimate of drug-likeness (QED) is 0.0306. The number of halogens is 3. The van der Waals surface area contributed by atoms with E-state index in [0.717, 1.165) is 191 Å². The first kappa shape index (κ1) is 78.9. The Morgan fingerprint density at radius 3 is 1.46 bits per heavy atom. The molecular formula is C94H86Br2IN15O7. The number of nitrogens with zero attached hydrogens (tertiary/aromatic N) is 5. The van der Waals surface area contributed by atoms with Crippen LogP contribution in [0.5, 0.6) is 46.0 Å². The van der Waals surface area contributed by atoms with Crippen LogP contribution in [0.4, 0.5) is 68.2 Å². The molecule has 2 aromatic heterocycles. The Balaban J connectivity index is 0.000000101. The number of anilines is 8. The largest absolute Gasteiger partial charge is 0.508 e. The fourth-order valence-electron chi connectivity index (χ4n) is 15.5. The molecular weight excluding hydrogens is 1740 g/mol. The minimum Gasteiger partial charge on any atom is -0.508 e. The first-order valence-corrected chi connectivity index (χ1v) is 42.6. The number of nitrogens with one attached hydrogen (secondary N) is 10. The number of hydrogen-bond acceptors (Lipinski definition) is 19. The highest BCUT2D eigenvalue weighted by Gasteiger charge is 2.23. The number of fused-ring (bicyclic) bond motifs is 13. The zero-order valence-corrected chi connectivity index (χ0v) is 70.3. The van der Waals surface area contributed by atoms with Crippen LogP contribution in [0.3, 0.4) is 0 Å². The van der Waals surface area contributed by atoms with Gasteiger partial charge in [0.1, 0.15) is 45.5 Å². The summed E-state index contributed by atoms with van der Waals surface area (Å²) in [7, 11) is 0. The molecule has 12 N–H and O–H groups in total. The van der Waals surface area contributed by atoms with Crippen molar-refractivity contribution in [3.8, 4) is 46.0 Å². The van der Waals surface area contributed by atoms with Gasteiger partial charge in [0.2, 0.25) is 0 Å². The molecule has 600 valence electrons. The SMILES string of the molecule is Brc1ccc2c(c1)NCC2.Brc1ccc2cc[nH]c2c1.Ic1ccc2c(c1)NCC2.O=[N+]([O-])c1ccc(N=Nc2cc3c(cc2Oc2ccc4c(c2)NCC4)NCC3)cc1.Oc1ccc2c(c1)NCC2.Oc1ccc2cc[nH]c2c1.c1c2c(cc3c1N=c1cc4c(cc1O3)=NCC4)NCC2.c1cc2c(cc1Oc1ccc3c(c1)NCC3)NCC2. The van der Waals surface area contributed by atoms with Crippen LogP contribution in [0.25, 0.3) is 21.8 Å². The highest BCUT2D eigenvalue weighted by molar-refractivity contribution is 14.1. The van der Waals surface area contributed by atoms with E-state index in [1.165, 1.54) is 112 Å². The van der Waals surface area contributed by atoms with Gasteiger partial charge in [-0.25, -0.2) is 4.99 Å². The molecule has 14 aromatic rings. The van der Waals surface area contributed by atoms with Crippen LogP contribution < -0.4 is 67.5 Å². The van der Waals surface area contributed by atoms with Crippen LogP contribution in [-0.2, 0) is 57.8 Å². The standard InChI is InChI=1S/C22H19N5O3.C16H13N3O.C16H16N2O.C8H8BrN.C8H6BrN.C8H8IN.C8H9NO.C8H7NO/c28-27(29)17-4-2-16(3-5-17)25-26-21-11-15-8-10-24-20(15)13-22(21)30-18-6-1-14-7-9-23-19(14)12-18;1-3-17-11-7-15-13(5-9(1)11)19-14-6-10-2-4-18-12(10)8-16(14)20-15;1-3-13(9-15-11(1)5-7-17-15)19-14-4-2-12-6-8-18-16(12)10-14;3*9-7-2-1-6-3-4-10-8(6)5-7;2*10-7-2-1-6-3-4-9-8(6)5-7/h1-6,11-13,23-24H,7-10H2;5-8,17H,1-4H2;1-4,9-10,17-18H,5-8H2;1-2,5,10H,3-4H2;1-5,10H;1-2,5,10H,3-4H2;1-2,5,9-10H,3-4H2;1-5,9-10H. The van der Waals surface area contributed by atoms with E-state index < -0.39 is 4.92 Å². The van der Waals surface area contributed by atoms with Crippen molar-refractivity contribution in [2.45, 2.75) is 57.8 Å². The summed E-state index contributed by atoms with van der Waals surface area (Å²) >= 11 is 9.16. The summed E-state index contributed by atoms with van der Waals surface area (Å²) in [4.78, 5) is 25.8. The molecule has 10 aliphatic heterocycles. The van der Waals surface area contributed by atoms with Gasteiger partial charge in [0, 0.05) is 201 Å². The number of hydrogen-bond donors (Lipinski definition) is 12. The van der Waals surface area contributed by atoms with Gasteiger partial charge in [-0.05, 0) is 256 Å². The first-order valence-electron chi connectivity index (χ1n) is 40.0. The van der Waals surface area contributed by atoms with E-state index >= 15 is 0 Å². The Morgan fingerprint density at radius 2 is 0.866 bits per heavy atom. The fourth-order valence-corrected chi connectivity index (χ4v) is 16.7. The molecule has 0 saturated heterocycles. The number of phenols is 2. The predicted molar refractivity (Wildman–Crippen MR) is 492 cm³/mol. The van der Waals surface area contributed by atoms with Gasteiger partial charge in [-0.15, -0.1) is 5.11 Å². The summed E-state index contributed by atoms with van der Waals surface area (Å²) in [6.07, 6.45) is 13.5. The summed E-state index contributed by atoms with van der Waals surface area (Å²) in [5.41, 5.74) is 25.7. The van der Waals surface area contributed by atoms with Crippen LogP contribution in [0.15, 0.2) is 260 Å². The number of phenolic OH excluding ortho intramolecular Hbond substituents is 2. The minimum absolute atomic E-state index is 0.0202. The third kappa shape index (κ3) is 19.5. The molecule has 0 amide bonds. The zero-order chi connectivity index (χ0) is 81.1. The lowest BCUT2D eigenvalue weighted by Gasteiger charge is -2.15. The third-order valence-electron chi connectivity index (χ3n) is 21.7. The number of aromatic hydroxyl groups is 2. The fraction of sp³-hybridized carbons (Fsp3) is 0.191. The van der Waals surface area contributed by atoms with Gasteiger partial charge >= 0.3 is 0 Å². The second-order valence-electron chi connectivity index (χ2n) is 29.7. The Labute approximate surface area is 718 Å². The molecule has 24 rings (SSSR count). The van der Waals surface area contributed by atoms with E-state index in [2.05, 4.69) is 225 Å². The summed E-state index contributed by atoms with van der Waals surface area (Å²) in [5.74, 6) is 5.42. The molecule has 12 aromatic carbocycles. The lowest BCUT2D eigenvalue weighted by molar-refractivity contribution is -0.384. The normalized spacial score (nSPS) is 14.2. The van der Waals surface area contributed by atoms with Crippen molar-refractivity contribution in [2.75, 3.05) is 101 Å². The molecule has 0 saturated carbocycles. The van der Waals surface area contributed by atoms with Crippen LogP contribution in [0.1, 0.15) is 50.1 Å². The van der Waals surface area contributed by atoms with Crippen molar-refractivity contribution >= 4 is 145 Å². The summed E-state index contributed by atoms with van der Waals surface area (Å²) < 4.78 is 21.7. The highest BCUT2D eigenvalue weighted by Crippen LogP contribution is 2.43. The molecule has 0 bridgehead atoms. The molecule has 0 fully saturated rings. The molecule has 0 spiro atoms. The second-order valence-corrected chi connectivity index (χ2v) is 32.8. The van der Waals surface area contributed by atoms with Gasteiger partial charge in [-0.3, -0.25) is 15.1 Å². The highest BCUT2D eigenvalue weighted by atomic mass is 127. The van der Waals surface area contributed by atoms with Gasteiger partial charge < -0.3 is 76.9 Å². The number of nitro groups is 1. The molecule has 22 nitrogen and oxygen atoms in total. The van der Waals surface area contributed by atoms with E-state index in [4.69, 9.17) is 29.4 Å². The maximum Gasteiger partial charge on any atom is 0.269 e. The predicted octanol–water partition coefficient (Wildman–Crippen LogP) is 21.9. The van der Waals surface area contributed by atoms with Crippen LogP contribution >= 0.6 is 54.5 Å². The van der Waals surface area contributed by atoms with E-state index in [-0.39, 0.29) is 5.69 Å². The molecule has 10 aliphatic rings. The van der Waals surface area contributed by atoms with Crippen LogP contribution in [0, 0.1) is 13.7 Å². The number of aromatic nitrogens is 2. The topological polar surface area (TPSA) is 289 Å². The Hall–Kier alpha value is -12.6. The first-order chi connectivity index (χ1) is 58.2. The van der Waals surface area contributed by atoms with E-state index in [1.54, 1.807) is 36.4 Å². The van der Waals surface area contributed by atoms with Crippen molar-refractivity contribution in [1.29, 1.82) is 0 Å². The molecule has 25 heteroatoms. The lowest BCUT2D eigenvalue weighted by Crippen LogP contribution is -2.17. The van der Waals surface area contributed by atoms with E-state index in [0.29, 0.717) is 28.6 Å². The number of aromatic amines is 2. The maximum absolute atomic E-state index is 10.8. The lowest BCUT2D eigenvalue weighted by atomic mass is 10.1. The van der Waals surface area contributed by atoms with Crippen molar-refractivity contribution in [1.82, 2.24) is 9.97 Å². The van der Waals surface area contributed by atoms with Gasteiger partial charge in [-0.1, -0.05) is 74.3 Å². The molecule has 0 atom stereocenters. The number of azo groups is 1. The van der Waals surface area contributed by atoms with Crippen LogP contribution in [0.2, 0.25) is 0 Å². The second kappa shape index (κ2) is 36.5. The van der Waals surface area contributed by atoms with Gasteiger partial charge in [0.05, 0.1) is 16.0 Å². The molecule has 0 aliphatic carbocycles. The molecule has 0 unspecified atom stereocenters. The number of nitro benzene ring substituents is 1. The Morgan fingerprint density at radius 1 is 0.403 bits per heavy atom. The molecule has 0 radical (unpaired) electrons. The number of benzene rings is 12. The number of non-ortho nitro benzene ring substituents is 1. The van der Waals surface area contributed by atoms with E-state index in [1.807, 2.05) is 79.1 Å². The van der Waals surface area contributed by atoms with Crippen molar-refractivity contribution < 1.29 is 29.3 Å². The molecule has 119 heavy (non-hydrogen) atoms. The minimum atomic E-state index is -0.439. The summed E-state index contributed by atoms with van der Waals surface area (Å²) in [6.45, 7) is 8.95. The van der Waals surface area contributed by atoms with Gasteiger partial charge in [0.15, 0.2) is 17.2 Å².